The molecule has 0 amide bonds. The lowest BCUT2D eigenvalue weighted by Crippen LogP contribution is -2.33. The second-order valence-electron chi connectivity index (χ2n) is 4.77. The van der Waals surface area contributed by atoms with Gasteiger partial charge in [0, 0.05) is 19.2 Å². The van der Waals surface area contributed by atoms with Crippen molar-refractivity contribution < 1.29 is 4.74 Å². The predicted molar refractivity (Wildman–Crippen MR) is 62.1 cm³/mol. The number of nitrogens with one attached hydrogen (secondary N) is 2. The van der Waals surface area contributed by atoms with Gasteiger partial charge in [0.15, 0.2) is 0 Å². The molecule has 0 spiro atoms. The van der Waals surface area contributed by atoms with Gasteiger partial charge in [0.05, 0.1) is 6.10 Å². The zero-order valence-corrected chi connectivity index (χ0v) is 9.63. The average Bonchev–Trinajstić information content (AvgIpc) is 3.09. The standard InChI is InChI=1S/C12H24N2O/c1-2-9-15-12(4-1)10-13-7-3-8-14-11-5-6-11/h11-14H,1-10H2. The Bertz CT molecular complexity index is 165. The molecule has 3 heteroatoms. The van der Waals surface area contributed by atoms with E-state index in [1.54, 1.807) is 0 Å². The van der Waals surface area contributed by atoms with Crippen LogP contribution in [-0.2, 0) is 4.74 Å². The minimum Gasteiger partial charge on any atom is -0.377 e. The zero-order chi connectivity index (χ0) is 10.3. The molecule has 1 heterocycles. The first-order valence-corrected chi connectivity index (χ1v) is 6.51. The SMILES string of the molecule is C(CNCC1CCCCO1)CNC1CC1. The van der Waals surface area contributed by atoms with Crippen LogP contribution in [0, 0.1) is 0 Å². The third-order valence-electron chi connectivity index (χ3n) is 3.19. The number of hydrogen-bond donors (Lipinski definition) is 2. The van der Waals surface area contributed by atoms with Gasteiger partial charge in [-0.3, -0.25) is 0 Å². The smallest absolute Gasteiger partial charge is 0.0699 e. The Morgan fingerprint density at radius 3 is 2.73 bits per heavy atom. The molecule has 0 aromatic heterocycles. The van der Waals surface area contributed by atoms with Gasteiger partial charge in [-0.15, -0.1) is 0 Å². The summed E-state index contributed by atoms with van der Waals surface area (Å²) in [5, 5.41) is 7.01. The molecule has 2 N–H and O–H groups in total. The van der Waals surface area contributed by atoms with Gasteiger partial charge in [0.1, 0.15) is 0 Å². The van der Waals surface area contributed by atoms with Crippen LogP contribution in [0.1, 0.15) is 38.5 Å². The molecular formula is C12H24N2O. The van der Waals surface area contributed by atoms with Crippen LogP contribution in [0.2, 0.25) is 0 Å². The Morgan fingerprint density at radius 2 is 2.00 bits per heavy atom. The molecule has 0 aromatic carbocycles. The summed E-state index contributed by atoms with van der Waals surface area (Å²) in [5.74, 6) is 0. The molecule has 1 atom stereocenters. The highest BCUT2D eigenvalue weighted by Gasteiger charge is 2.19. The Labute approximate surface area is 93.0 Å². The van der Waals surface area contributed by atoms with Crippen LogP contribution in [0.15, 0.2) is 0 Å². The molecule has 1 aliphatic carbocycles. The van der Waals surface area contributed by atoms with Crippen LogP contribution in [-0.4, -0.2) is 38.4 Å². The van der Waals surface area contributed by atoms with Crippen LogP contribution in [0.4, 0.5) is 0 Å². The van der Waals surface area contributed by atoms with Gasteiger partial charge in [-0.2, -0.15) is 0 Å². The largest absolute Gasteiger partial charge is 0.377 e. The van der Waals surface area contributed by atoms with Gasteiger partial charge < -0.3 is 15.4 Å². The molecule has 15 heavy (non-hydrogen) atoms. The van der Waals surface area contributed by atoms with Crippen molar-refractivity contribution in [1.82, 2.24) is 10.6 Å². The van der Waals surface area contributed by atoms with E-state index in [0.717, 1.165) is 25.7 Å². The maximum atomic E-state index is 5.65. The number of rotatable bonds is 7. The van der Waals surface area contributed by atoms with Gasteiger partial charge in [-0.05, 0) is 51.6 Å². The maximum absolute atomic E-state index is 5.65. The van der Waals surface area contributed by atoms with E-state index < -0.39 is 0 Å². The summed E-state index contributed by atoms with van der Waals surface area (Å²) in [5.41, 5.74) is 0. The first kappa shape index (κ1) is 11.4. The van der Waals surface area contributed by atoms with E-state index in [0.29, 0.717) is 6.10 Å². The zero-order valence-electron chi connectivity index (χ0n) is 9.63. The summed E-state index contributed by atoms with van der Waals surface area (Å²) < 4.78 is 5.65. The van der Waals surface area contributed by atoms with Crippen molar-refractivity contribution in [2.24, 2.45) is 0 Å². The van der Waals surface area contributed by atoms with Crippen molar-refractivity contribution in [3.05, 3.63) is 0 Å². The fourth-order valence-electron chi connectivity index (χ4n) is 2.04. The first-order valence-electron chi connectivity index (χ1n) is 6.51. The Hall–Kier alpha value is -0.120. The van der Waals surface area contributed by atoms with Crippen LogP contribution < -0.4 is 10.6 Å². The van der Waals surface area contributed by atoms with Gasteiger partial charge >= 0.3 is 0 Å². The Morgan fingerprint density at radius 1 is 1.07 bits per heavy atom. The molecule has 0 radical (unpaired) electrons. The first-order chi connectivity index (χ1) is 7.45. The molecule has 1 aliphatic heterocycles. The molecule has 1 saturated carbocycles. The lowest BCUT2D eigenvalue weighted by molar-refractivity contribution is 0.0170. The summed E-state index contributed by atoms with van der Waals surface area (Å²) in [6, 6.07) is 0.853. The average molecular weight is 212 g/mol. The summed E-state index contributed by atoms with van der Waals surface area (Å²) in [7, 11) is 0. The second-order valence-corrected chi connectivity index (χ2v) is 4.77. The maximum Gasteiger partial charge on any atom is 0.0699 e. The highest BCUT2D eigenvalue weighted by molar-refractivity contribution is 4.80. The molecular weight excluding hydrogens is 188 g/mol. The van der Waals surface area contributed by atoms with Gasteiger partial charge in [0.2, 0.25) is 0 Å². The van der Waals surface area contributed by atoms with Crippen molar-refractivity contribution >= 4 is 0 Å². The van der Waals surface area contributed by atoms with E-state index in [1.165, 1.54) is 45.1 Å². The molecule has 2 fully saturated rings. The van der Waals surface area contributed by atoms with E-state index in [2.05, 4.69) is 10.6 Å². The minimum atomic E-state index is 0.482. The normalized spacial score (nSPS) is 26.8. The van der Waals surface area contributed by atoms with E-state index in [9.17, 15) is 0 Å². The van der Waals surface area contributed by atoms with Crippen LogP contribution in [0.5, 0.6) is 0 Å². The van der Waals surface area contributed by atoms with E-state index in [1.807, 2.05) is 0 Å². The molecule has 0 aromatic rings. The molecule has 2 aliphatic rings. The number of hydrogen-bond acceptors (Lipinski definition) is 3. The Balaban J connectivity index is 1.37. The lowest BCUT2D eigenvalue weighted by Gasteiger charge is -2.22. The van der Waals surface area contributed by atoms with Crippen LogP contribution in [0.3, 0.4) is 0 Å². The van der Waals surface area contributed by atoms with Crippen molar-refractivity contribution in [1.29, 1.82) is 0 Å². The highest BCUT2D eigenvalue weighted by atomic mass is 16.5. The van der Waals surface area contributed by atoms with Gasteiger partial charge in [0.25, 0.3) is 0 Å². The highest BCUT2D eigenvalue weighted by Crippen LogP contribution is 2.18. The number of ether oxygens (including phenoxy) is 1. The van der Waals surface area contributed by atoms with Crippen molar-refractivity contribution in [2.75, 3.05) is 26.2 Å². The minimum absolute atomic E-state index is 0.482. The third kappa shape index (κ3) is 4.96. The molecule has 88 valence electrons. The second kappa shape index (κ2) is 6.46. The topological polar surface area (TPSA) is 33.3 Å². The monoisotopic (exact) mass is 212 g/mol. The van der Waals surface area contributed by atoms with Gasteiger partial charge in [-0.25, -0.2) is 0 Å². The predicted octanol–water partition coefficient (Wildman–Crippen LogP) is 1.29. The quantitative estimate of drug-likeness (QED) is 0.624. The molecule has 3 nitrogen and oxygen atoms in total. The fraction of sp³-hybridized carbons (Fsp3) is 1.00. The van der Waals surface area contributed by atoms with E-state index in [-0.39, 0.29) is 0 Å². The summed E-state index contributed by atoms with van der Waals surface area (Å²) in [6.45, 7) is 4.31. The van der Waals surface area contributed by atoms with E-state index in [4.69, 9.17) is 4.74 Å². The van der Waals surface area contributed by atoms with Crippen LogP contribution in [0.25, 0.3) is 0 Å². The molecule has 1 saturated heterocycles. The summed E-state index contributed by atoms with van der Waals surface area (Å²) in [6.07, 6.45) is 8.34. The van der Waals surface area contributed by atoms with Crippen molar-refractivity contribution in [3.63, 3.8) is 0 Å². The van der Waals surface area contributed by atoms with Crippen LogP contribution >= 0.6 is 0 Å². The lowest BCUT2D eigenvalue weighted by atomic mass is 10.1. The van der Waals surface area contributed by atoms with Crippen molar-refractivity contribution in [3.8, 4) is 0 Å². The van der Waals surface area contributed by atoms with Gasteiger partial charge in [-0.1, -0.05) is 0 Å². The molecule has 1 unspecified atom stereocenters. The fourth-order valence-corrected chi connectivity index (χ4v) is 2.04. The summed E-state index contributed by atoms with van der Waals surface area (Å²) >= 11 is 0. The van der Waals surface area contributed by atoms with Crippen molar-refractivity contribution in [2.45, 2.75) is 50.7 Å². The summed E-state index contributed by atoms with van der Waals surface area (Å²) in [4.78, 5) is 0. The van der Waals surface area contributed by atoms with E-state index >= 15 is 0 Å². The molecule has 2 rings (SSSR count). The molecule has 0 bridgehead atoms. The Kier molecular flexibility index (Phi) is 4.90. The third-order valence-corrected chi connectivity index (χ3v) is 3.19.